The molecule has 0 saturated carbocycles. The van der Waals surface area contributed by atoms with Gasteiger partial charge in [0.1, 0.15) is 16.3 Å². The molecule has 0 aromatic carbocycles. The Morgan fingerprint density at radius 3 is 2.67 bits per heavy atom. The van der Waals surface area contributed by atoms with Gasteiger partial charge in [0.25, 0.3) is 0 Å². The Hall–Kier alpha value is -0.980. The Kier molecular flexibility index (Phi) is 4.84. The second-order valence-corrected chi connectivity index (χ2v) is 4.08. The van der Waals surface area contributed by atoms with E-state index in [9.17, 15) is 13.6 Å². The molecule has 1 aromatic rings. The number of carbonyl (C=O) groups is 1. The van der Waals surface area contributed by atoms with Gasteiger partial charge in [-0.15, -0.1) is 0 Å². The number of aromatic nitrogens is 1. The van der Waals surface area contributed by atoms with Crippen molar-refractivity contribution in [3.63, 3.8) is 0 Å². The minimum Gasteiger partial charge on any atom is -0.462 e. The van der Waals surface area contributed by atoms with Crippen molar-refractivity contribution >= 4 is 29.2 Å². The van der Waals surface area contributed by atoms with E-state index < -0.39 is 17.9 Å². The number of nitrogens with two attached hydrogens (primary N) is 1. The van der Waals surface area contributed by atoms with Crippen LogP contribution in [0.1, 0.15) is 18.5 Å². The predicted molar refractivity (Wildman–Crippen MR) is 62.8 cm³/mol. The fourth-order valence-corrected chi connectivity index (χ4v) is 1.67. The average Bonchev–Trinajstić information content (AvgIpc) is 2.28. The highest BCUT2D eigenvalue weighted by atomic mass is 35.5. The van der Waals surface area contributed by atoms with Crippen LogP contribution >= 0.6 is 23.2 Å². The van der Waals surface area contributed by atoms with Gasteiger partial charge < -0.3 is 10.5 Å². The van der Waals surface area contributed by atoms with E-state index >= 15 is 0 Å². The maximum atomic E-state index is 13.6. The summed E-state index contributed by atoms with van der Waals surface area (Å²) in [5.74, 6) is -5.60. The van der Waals surface area contributed by atoms with Crippen LogP contribution in [0.25, 0.3) is 0 Å². The molecule has 0 amide bonds. The molecule has 1 rings (SSSR count). The van der Waals surface area contributed by atoms with E-state index in [2.05, 4.69) is 9.72 Å². The van der Waals surface area contributed by atoms with Gasteiger partial charge in [-0.1, -0.05) is 29.3 Å². The largest absolute Gasteiger partial charge is 0.462 e. The van der Waals surface area contributed by atoms with Crippen molar-refractivity contribution in [1.29, 1.82) is 0 Å². The first kappa shape index (κ1) is 15.1. The fraction of sp³-hybridized carbons (Fsp3) is 0.400. The van der Waals surface area contributed by atoms with Crippen molar-refractivity contribution in [1.82, 2.24) is 4.98 Å². The zero-order chi connectivity index (χ0) is 13.9. The van der Waals surface area contributed by atoms with Gasteiger partial charge in [0, 0.05) is 5.56 Å². The van der Waals surface area contributed by atoms with Crippen LogP contribution in [-0.2, 0) is 9.53 Å². The maximum Gasteiger partial charge on any atom is 0.379 e. The van der Waals surface area contributed by atoms with E-state index in [1.54, 1.807) is 0 Å². The lowest BCUT2D eigenvalue weighted by Crippen LogP contribution is -2.42. The number of halogens is 4. The fourth-order valence-electron chi connectivity index (χ4n) is 1.20. The van der Waals surface area contributed by atoms with E-state index in [4.69, 9.17) is 28.9 Å². The molecule has 1 heterocycles. The molecule has 0 aliphatic heterocycles. The third kappa shape index (κ3) is 3.07. The Bertz CT molecular complexity index is 458. The standard InChI is InChI=1S/C10H10Cl2F2N2O2/c1-2-18-9(17)10(13,14)7(15)5-3-4-6(11)16-8(5)12/h3-4,7H,2,15H2,1H3/t7-/m1/s1. The molecule has 18 heavy (non-hydrogen) atoms. The van der Waals surface area contributed by atoms with Gasteiger partial charge in [0.15, 0.2) is 0 Å². The summed E-state index contributed by atoms with van der Waals surface area (Å²) in [5.41, 5.74) is 5.16. The number of rotatable bonds is 4. The molecular formula is C10H10Cl2F2N2O2. The molecule has 0 aliphatic carbocycles. The molecule has 0 fully saturated rings. The lowest BCUT2D eigenvalue weighted by atomic mass is 10.0. The molecule has 0 spiro atoms. The third-order valence-electron chi connectivity index (χ3n) is 2.12. The highest BCUT2D eigenvalue weighted by molar-refractivity contribution is 6.32. The first-order valence-corrected chi connectivity index (χ1v) is 5.68. The van der Waals surface area contributed by atoms with E-state index in [0.717, 1.165) is 0 Å². The highest BCUT2D eigenvalue weighted by Crippen LogP contribution is 2.34. The minimum absolute atomic E-state index is 0.0374. The Labute approximate surface area is 112 Å². The Balaban J connectivity index is 3.05. The summed E-state index contributed by atoms with van der Waals surface area (Å²) in [6, 6.07) is 0.494. The quantitative estimate of drug-likeness (QED) is 0.685. The van der Waals surface area contributed by atoms with Gasteiger partial charge in [-0.25, -0.2) is 9.78 Å². The van der Waals surface area contributed by atoms with Crippen LogP contribution in [0.15, 0.2) is 12.1 Å². The normalized spacial score (nSPS) is 13.2. The summed E-state index contributed by atoms with van der Waals surface area (Å²) in [6.07, 6.45) is 0. The number of hydrogen-bond donors (Lipinski definition) is 1. The van der Waals surface area contributed by atoms with E-state index in [-0.39, 0.29) is 22.5 Å². The number of alkyl halides is 2. The molecular weight excluding hydrogens is 289 g/mol. The number of hydrogen-bond acceptors (Lipinski definition) is 4. The number of pyridine rings is 1. The van der Waals surface area contributed by atoms with E-state index in [1.807, 2.05) is 0 Å². The van der Waals surface area contributed by atoms with Crippen molar-refractivity contribution in [2.24, 2.45) is 5.73 Å². The van der Waals surface area contributed by atoms with Crippen molar-refractivity contribution in [3.05, 3.63) is 28.0 Å². The molecule has 0 bridgehead atoms. The second-order valence-electron chi connectivity index (χ2n) is 3.34. The van der Waals surface area contributed by atoms with Crippen molar-refractivity contribution < 1.29 is 18.3 Å². The van der Waals surface area contributed by atoms with Gasteiger partial charge in [-0.3, -0.25) is 0 Å². The summed E-state index contributed by atoms with van der Waals surface area (Å²) in [6.45, 7) is 1.24. The molecule has 1 aromatic heterocycles. The van der Waals surface area contributed by atoms with Crippen molar-refractivity contribution in [2.45, 2.75) is 18.9 Å². The van der Waals surface area contributed by atoms with Crippen LogP contribution < -0.4 is 5.73 Å². The number of ether oxygens (including phenoxy) is 1. The Morgan fingerprint density at radius 1 is 1.56 bits per heavy atom. The lowest BCUT2D eigenvalue weighted by Gasteiger charge is -2.22. The number of esters is 1. The zero-order valence-corrected chi connectivity index (χ0v) is 10.8. The summed E-state index contributed by atoms with van der Waals surface area (Å²) in [7, 11) is 0. The number of carbonyl (C=O) groups excluding carboxylic acids is 1. The van der Waals surface area contributed by atoms with Gasteiger partial charge >= 0.3 is 11.9 Å². The zero-order valence-electron chi connectivity index (χ0n) is 9.29. The van der Waals surface area contributed by atoms with Crippen LogP contribution in [0, 0.1) is 0 Å². The van der Waals surface area contributed by atoms with Crippen LogP contribution in [0.5, 0.6) is 0 Å². The topological polar surface area (TPSA) is 65.2 Å². The minimum atomic E-state index is -3.89. The molecule has 0 saturated heterocycles. The van der Waals surface area contributed by atoms with E-state index in [0.29, 0.717) is 0 Å². The van der Waals surface area contributed by atoms with Crippen molar-refractivity contribution in [3.8, 4) is 0 Å². The second kappa shape index (κ2) is 5.77. The van der Waals surface area contributed by atoms with Gasteiger partial charge in [-0.2, -0.15) is 8.78 Å². The summed E-state index contributed by atoms with van der Waals surface area (Å²) >= 11 is 11.2. The van der Waals surface area contributed by atoms with Gasteiger partial charge in [-0.05, 0) is 13.0 Å². The van der Waals surface area contributed by atoms with E-state index in [1.165, 1.54) is 19.1 Å². The summed E-state index contributed by atoms with van der Waals surface area (Å²) in [4.78, 5) is 14.7. The molecule has 0 radical (unpaired) electrons. The molecule has 100 valence electrons. The average molecular weight is 299 g/mol. The molecule has 0 aliphatic rings. The molecule has 4 nitrogen and oxygen atoms in total. The van der Waals surface area contributed by atoms with Crippen LogP contribution in [-0.4, -0.2) is 23.5 Å². The third-order valence-corrected chi connectivity index (χ3v) is 2.63. The highest BCUT2D eigenvalue weighted by Gasteiger charge is 2.48. The van der Waals surface area contributed by atoms with Gasteiger partial charge in [0.05, 0.1) is 6.61 Å². The molecule has 1 atom stereocenters. The number of nitrogens with zero attached hydrogens (tertiary/aromatic N) is 1. The monoisotopic (exact) mass is 298 g/mol. The van der Waals surface area contributed by atoms with Crippen LogP contribution in [0.3, 0.4) is 0 Å². The van der Waals surface area contributed by atoms with Gasteiger partial charge in [0.2, 0.25) is 0 Å². The van der Waals surface area contributed by atoms with Crippen LogP contribution in [0.4, 0.5) is 8.78 Å². The summed E-state index contributed by atoms with van der Waals surface area (Å²) < 4.78 is 31.5. The Morgan fingerprint density at radius 2 is 2.17 bits per heavy atom. The summed E-state index contributed by atoms with van der Waals surface area (Å²) in [5, 5.41) is -0.241. The molecule has 8 heteroatoms. The first-order valence-electron chi connectivity index (χ1n) is 4.93. The smallest absolute Gasteiger partial charge is 0.379 e. The maximum absolute atomic E-state index is 13.6. The van der Waals surface area contributed by atoms with Crippen molar-refractivity contribution in [2.75, 3.05) is 6.61 Å². The first-order chi connectivity index (χ1) is 8.30. The SMILES string of the molecule is CCOC(=O)C(F)(F)[C@H](N)c1ccc(Cl)nc1Cl. The molecule has 0 unspecified atom stereocenters. The molecule has 2 N–H and O–H groups in total. The predicted octanol–water partition coefficient (Wildman–Crippen LogP) is 2.59. The lowest BCUT2D eigenvalue weighted by molar-refractivity contribution is -0.174. The van der Waals surface area contributed by atoms with Crippen LogP contribution in [0.2, 0.25) is 10.3 Å².